The minimum Gasteiger partial charge on any atom is -0.399 e. The van der Waals surface area contributed by atoms with E-state index in [0.717, 1.165) is 22.6 Å². The molecule has 0 saturated heterocycles. The molecule has 0 amide bonds. The quantitative estimate of drug-likeness (QED) is 0.864. The highest BCUT2D eigenvalue weighted by atomic mass is 32.2. The molecule has 1 atom stereocenters. The summed E-state index contributed by atoms with van der Waals surface area (Å²) in [4.78, 5) is 0.898. The molecule has 0 saturated carbocycles. The number of aryl methyl sites for hydroxylation is 2. The van der Waals surface area contributed by atoms with Gasteiger partial charge in [0.1, 0.15) is 0 Å². The molecule has 4 heteroatoms. The van der Waals surface area contributed by atoms with Crippen LogP contribution in [0.1, 0.15) is 11.1 Å². The van der Waals surface area contributed by atoms with Gasteiger partial charge in [-0.3, -0.25) is 4.21 Å². The Morgan fingerprint density at radius 2 is 2.18 bits per heavy atom. The van der Waals surface area contributed by atoms with Crippen LogP contribution >= 0.6 is 11.3 Å². The Hall–Kier alpha value is -1.13. The van der Waals surface area contributed by atoms with E-state index in [1.165, 1.54) is 5.56 Å². The topological polar surface area (TPSA) is 43.1 Å². The van der Waals surface area contributed by atoms with Crippen LogP contribution in [-0.4, -0.2) is 9.96 Å². The third-order valence-corrected chi connectivity index (χ3v) is 4.86. The van der Waals surface area contributed by atoms with E-state index in [4.69, 9.17) is 5.73 Å². The fourth-order valence-corrected chi connectivity index (χ4v) is 3.67. The zero-order valence-corrected chi connectivity index (χ0v) is 11.3. The van der Waals surface area contributed by atoms with Crippen molar-refractivity contribution < 1.29 is 4.21 Å². The smallest absolute Gasteiger partial charge is 0.0535 e. The SMILES string of the molecule is Cc1cc(N)ccc1S(=O)CCc1ccsc1. The predicted octanol–water partition coefficient (Wildman–Crippen LogP) is 2.99. The third-order valence-electron chi connectivity index (χ3n) is 2.60. The maximum atomic E-state index is 12.1. The Morgan fingerprint density at radius 3 is 2.82 bits per heavy atom. The number of hydrogen-bond acceptors (Lipinski definition) is 3. The van der Waals surface area contributed by atoms with Crippen LogP contribution in [0.4, 0.5) is 5.69 Å². The van der Waals surface area contributed by atoms with Crippen molar-refractivity contribution in [2.75, 3.05) is 11.5 Å². The van der Waals surface area contributed by atoms with Gasteiger partial charge in [0.05, 0.1) is 10.8 Å². The first-order chi connectivity index (χ1) is 8.16. The lowest BCUT2D eigenvalue weighted by Gasteiger charge is -2.06. The molecule has 2 nitrogen and oxygen atoms in total. The zero-order valence-electron chi connectivity index (χ0n) is 9.68. The predicted molar refractivity (Wildman–Crippen MR) is 74.9 cm³/mol. The monoisotopic (exact) mass is 265 g/mol. The first kappa shape index (κ1) is 12.3. The Labute approximate surface area is 108 Å². The molecule has 0 radical (unpaired) electrons. The Kier molecular flexibility index (Phi) is 3.97. The molecule has 0 bridgehead atoms. The molecule has 2 N–H and O–H groups in total. The molecular formula is C13H15NOS2. The molecule has 0 fully saturated rings. The minimum absolute atomic E-state index is 0.668. The van der Waals surface area contributed by atoms with Gasteiger partial charge in [-0.25, -0.2) is 0 Å². The summed E-state index contributed by atoms with van der Waals surface area (Å²) in [5.74, 6) is 0.668. The van der Waals surface area contributed by atoms with Crippen molar-refractivity contribution >= 4 is 27.8 Å². The number of nitrogen functional groups attached to an aromatic ring is 1. The van der Waals surface area contributed by atoms with Gasteiger partial charge in [0.2, 0.25) is 0 Å². The van der Waals surface area contributed by atoms with Crippen molar-refractivity contribution in [2.24, 2.45) is 0 Å². The van der Waals surface area contributed by atoms with Crippen LogP contribution in [0.15, 0.2) is 39.9 Å². The normalized spacial score (nSPS) is 12.5. The Balaban J connectivity index is 2.04. The molecular weight excluding hydrogens is 250 g/mol. The fraction of sp³-hybridized carbons (Fsp3) is 0.231. The highest BCUT2D eigenvalue weighted by molar-refractivity contribution is 7.85. The van der Waals surface area contributed by atoms with Gasteiger partial charge < -0.3 is 5.73 Å². The first-order valence-corrected chi connectivity index (χ1v) is 7.68. The summed E-state index contributed by atoms with van der Waals surface area (Å²) < 4.78 is 12.1. The summed E-state index contributed by atoms with van der Waals surface area (Å²) in [5.41, 5.74) is 8.67. The standard InChI is InChI=1S/C13H15NOS2/c1-10-8-12(14)2-3-13(10)17(15)7-5-11-4-6-16-9-11/h2-4,6,8-9H,5,7,14H2,1H3. The second-order valence-corrected chi connectivity index (χ2v) is 6.28. The lowest BCUT2D eigenvalue weighted by molar-refractivity contribution is 0.682. The summed E-state index contributed by atoms with van der Waals surface area (Å²) in [7, 11) is -0.939. The van der Waals surface area contributed by atoms with Crippen molar-refractivity contribution in [1.82, 2.24) is 0 Å². The molecule has 17 heavy (non-hydrogen) atoms. The first-order valence-electron chi connectivity index (χ1n) is 5.42. The summed E-state index contributed by atoms with van der Waals surface area (Å²) >= 11 is 1.68. The fourth-order valence-electron chi connectivity index (χ4n) is 1.68. The van der Waals surface area contributed by atoms with Crippen molar-refractivity contribution in [2.45, 2.75) is 18.2 Å². The maximum Gasteiger partial charge on any atom is 0.0535 e. The lowest BCUT2D eigenvalue weighted by Crippen LogP contribution is -2.03. The van der Waals surface area contributed by atoms with Gasteiger partial charge in [-0.1, -0.05) is 0 Å². The average molecular weight is 265 g/mol. The van der Waals surface area contributed by atoms with E-state index in [0.29, 0.717) is 5.75 Å². The van der Waals surface area contributed by atoms with Gasteiger partial charge in [0.15, 0.2) is 0 Å². The van der Waals surface area contributed by atoms with Crippen LogP contribution in [0.25, 0.3) is 0 Å². The molecule has 90 valence electrons. The van der Waals surface area contributed by atoms with Crippen LogP contribution < -0.4 is 5.73 Å². The Morgan fingerprint density at radius 1 is 1.35 bits per heavy atom. The molecule has 2 aromatic rings. The lowest BCUT2D eigenvalue weighted by atomic mass is 10.2. The van der Waals surface area contributed by atoms with E-state index >= 15 is 0 Å². The summed E-state index contributed by atoms with van der Waals surface area (Å²) in [5, 5.41) is 4.15. The van der Waals surface area contributed by atoms with Crippen LogP contribution in [0.5, 0.6) is 0 Å². The maximum absolute atomic E-state index is 12.1. The molecule has 1 aromatic carbocycles. The van der Waals surface area contributed by atoms with E-state index in [1.54, 1.807) is 11.3 Å². The molecule has 0 spiro atoms. The molecule has 1 heterocycles. The Bertz CT molecular complexity index is 520. The van der Waals surface area contributed by atoms with Crippen LogP contribution in [0.2, 0.25) is 0 Å². The molecule has 2 rings (SSSR count). The van der Waals surface area contributed by atoms with Gasteiger partial charge >= 0.3 is 0 Å². The number of rotatable bonds is 4. The van der Waals surface area contributed by atoms with Crippen LogP contribution in [-0.2, 0) is 17.2 Å². The summed E-state index contributed by atoms with van der Waals surface area (Å²) in [6.07, 6.45) is 0.861. The van der Waals surface area contributed by atoms with E-state index in [1.807, 2.05) is 30.5 Å². The molecule has 0 aliphatic rings. The third kappa shape index (κ3) is 3.17. The zero-order chi connectivity index (χ0) is 12.3. The number of anilines is 1. The van der Waals surface area contributed by atoms with E-state index in [-0.39, 0.29) is 0 Å². The van der Waals surface area contributed by atoms with Crippen molar-refractivity contribution in [1.29, 1.82) is 0 Å². The largest absolute Gasteiger partial charge is 0.399 e. The number of thiophene rings is 1. The van der Waals surface area contributed by atoms with Gasteiger partial charge in [-0.2, -0.15) is 11.3 Å². The van der Waals surface area contributed by atoms with Gasteiger partial charge in [0.25, 0.3) is 0 Å². The molecule has 1 aromatic heterocycles. The minimum atomic E-state index is -0.939. The van der Waals surface area contributed by atoms with Crippen LogP contribution in [0.3, 0.4) is 0 Å². The number of benzene rings is 1. The van der Waals surface area contributed by atoms with Crippen LogP contribution in [0, 0.1) is 6.92 Å². The highest BCUT2D eigenvalue weighted by Gasteiger charge is 2.07. The van der Waals surface area contributed by atoms with Gasteiger partial charge in [0, 0.05) is 16.3 Å². The van der Waals surface area contributed by atoms with Gasteiger partial charge in [-0.15, -0.1) is 0 Å². The van der Waals surface area contributed by atoms with Crippen molar-refractivity contribution in [3.05, 3.63) is 46.2 Å². The highest BCUT2D eigenvalue weighted by Crippen LogP contribution is 2.17. The van der Waals surface area contributed by atoms with Crippen molar-refractivity contribution in [3.63, 3.8) is 0 Å². The van der Waals surface area contributed by atoms with E-state index in [9.17, 15) is 4.21 Å². The average Bonchev–Trinajstić information content (AvgIpc) is 2.78. The van der Waals surface area contributed by atoms with Crippen molar-refractivity contribution in [3.8, 4) is 0 Å². The number of nitrogens with two attached hydrogens (primary N) is 1. The van der Waals surface area contributed by atoms with Gasteiger partial charge in [-0.05, 0) is 59.5 Å². The summed E-state index contributed by atoms with van der Waals surface area (Å²) in [6, 6.07) is 7.63. The molecule has 0 aliphatic heterocycles. The van der Waals surface area contributed by atoms with E-state index < -0.39 is 10.8 Å². The second kappa shape index (κ2) is 5.47. The molecule has 0 aliphatic carbocycles. The number of hydrogen-bond donors (Lipinski definition) is 1. The summed E-state index contributed by atoms with van der Waals surface area (Å²) in [6.45, 7) is 1.95. The second-order valence-electron chi connectivity index (χ2n) is 3.96. The molecule has 1 unspecified atom stereocenters. The van der Waals surface area contributed by atoms with E-state index in [2.05, 4.69) is 11.4 Å².